The lowest BCUT2D eigenvalue weighted by atomic mass is 9.93. The van der Waals surface area contributed by atoms with E-state index < -0.39 is 0 Å². The number of hydrogen-bond acceptors (Lipinski definition) is 1. The van der Waals surface area contributed by atoms with E-state index in [2.05, 4.69) is 32.1 Å². The van der Waals surface area contributed by atoms with Crippen molar-refractivity contribution in [2.75, 3.05) is 14.1 Å². The Balaban J connectivity index is 2.48. The van der Waals surface area contributed by atoms with Crippen LogP contribution in [0.2, 0.25) is 0 Å². The van der Waals surface area contributed by atoms with Gasteiger partial charge >= 0.3 is 0 Å². The minimum Gasteiger partial charge on any atom is -0.384 e. The molecule has 0 aliphatic heterocycles. The summed E-state index contributed by atoms with van der Waals surface area (Å²) in [4.78, 5) is 2.17. The topological polar surface area (TPSA) is 3.24 Å². The zero-order chi connectivity index (χ0) is 9.68. The molecule has 0 saturated heterocycles. The summed E-state index contributed by atoms with van der Waals surface area (Å²) in [6.07, 6.45) is 10.9. The maximum atomic E-state index is 2.29. The maximum Gasteiger partial charge on any atom is 0.00556 e. The van der Waals surface area contributed by atoms with Crippen LogP contribution >= 0.6 is 0 Å². The molecule has 0 aromatic rings. The molecule has 0 radical (unpaired) electrons. The van der Waals surface area contributed by atoms with Crippen molar-refractivity contribution in [3.05, 3.63) is 11.8 Å². The van der Waals surface area contributed by atoms with Gasteiger partial charge in [-0.1, -0.05) is 31.3 Å². The third-order valence-corrected chi connectivity index (χ3v) is 2.96. The van der Waals surface area contributed by atoms with Gasteiger partial charge in [0.1, 0.15) is 0 Å². The van der Waals surface area contributed by atoms with Crippen LogP contribution in [0.15, 0.2) is 11.8 Å². The fourth-order valence-corrected chi connectivity index (χ4v) is 2.25. The smallest absolute Gasteiger partial charge is 0.00556 e. The van der Waals surface area contributed by atoms with Gasteiger partial charge in [0.2, 0.25) is 0 Å². The van der Waals surface area contributed by atoms with Crippen molar-refractivity contribution in [3.8, 4) is 0 Å². The Bertz CT molecular complexity index is 162. The Hall–Kier alpha value is -0.460. The summed E-state index contributed by atoms with van der Waals surface area (Å²) in [5, 5.41) is 0. The summed E-state index contributed by atoms with van der Waals surface area (Å²) in [7, 11) is 4.22. The highest BCUT2D eigenvalue weighted by Crippen LogP contribution is 2.28. The van der Waals surface area contributed by atoms with Crippen LogP contribution in [0.25, 0.3) is 0 Å². The van der Waals surface area contributed by atoms with Gasteiger partial charge in [-0.05, 0) is 31.9 Å². The minimum atomic E-state index is 0.866. The van der Waals surface area contributed by atoms with E-state index in [4.69, 9.17) is 0 Å². The number of nitrogens with zero attached hydrogens (tertiary/aromatic N) is 1. The summed E-state index contributed by atoms with van der Waals surface area (Å²) in [6.45, 7) is 2.29. The molecule has 0 aromatic heterocycles. The number of rotatable bonds is 2. The van der Waals surface area contributed by atoms with E-state index in [9.17, 15) is 0 Å². The second-order valence-electron chi connectivity index (χ2n) is 4.53. The van der Waals surface area contributed by atoms with E-state index in [-0.39, 0.29) is 0 Å². The molecule has 0 amide bonds. The first kappa shape index (κ1) is 10.6. The molecule has 0 bridgehead atoms. The Morgan fingerprint density at radius 2 is 1.62 bits per heavy atom. The van der Waals surface area contributed by atoms with Crippen molar-refractivity contribution in [2.24, 2.45) is 5.92 Å². The van der Waals surface area contributed by atoms with Crippen LogP contribution in [0.5, 0.6) is 0 Å². The first-order valence-electron chi connectivity index (χ1n) is 5.55. The van der Waals surface area contributed by atoms with E-state index in [1.807, 2.05) is 0 Å². The first-order chi connectivity index (χ1) is 6.20. The van der Waals surface area contributed by atoms with Crippen LogP contribution < -0.4 is 0 Å². The monoisotopic (exact) mass is 181 g/mol. The lowest BCUT2D eigenvalue weighted by molar-refractivity contribution is 0.496. The second kappa shape index (κ2) is 5.31. The molecule has 0 spiro atoms. The number of allylic oxidation sites excluding steroid dienone is 1. The Morgan fingerprint density at radius 1 is 1.08 bits per heavy atom. The van der Waals surface area contributed by atoms with E-state index in [1.54, 1.807) is 5.57 Å². The quantitative estimate of drug-likeness (QED) is 0.590. The van der Waals surface area contributed by atoms with E-state index in [0.29, 0.717) is 0 Å². The molecule has 0 atom stereocenters. The first-order valence-corrected chi connectivity index (χ1v) is 5.55. The average molecular weight is 181 g/mol. The van der Waals surface area contributed by atoms with Gasteiger partial charge in [-0.3, -0.25) is 0 Å². The standard InChI is InChI=1S/C12H23N/c1-11(10-13(2)3)12-8-6-4-5-7-9-12/h10,12H,4-9H2,1-3H3/b11-10+. The summed E-state index contributed by atoms with van der Waals surface area (Å²) >= 11 is 0. The predicted molar refractivity (Wildman–Crippen MR) is 58.6 cm³/mol. The highest BCUT2D eigenvalue weighted by molar-refractivity contribution is 5.02. The van der Waals surface area contributed by atoms with E-state index in [0.717, 1.165) is 5.92 Å². The highest BCUT2D eigenvalue weighted by Gasteiger charge is 2.13. The fourth-order valence-electron chi connectivity index (χ4n) is 2.25. The SMILES string of the molecule is C/C(=C\N(C)C)C1CCCCCC1. The molecule has 1 rings (SSSR count). The lowest BCUT2D eigenvalue weighted by Crippen LogP contribution is -2.07. The zero-order valence-corrected chi connectivity index (χ0v) is 9.34. The Kier molecular flexibility index (Phi) is 4.34. The van der Waals surface area contributed by atoms with Gasteiger partial charge in [-0.25, -0.2) is 0 Å². The van der Waals surface area contributed by atoms with Crippen molar-refractivity contribution >= 4 is 0 Å². The zero-order valence-electron chi connectivity index (χ0n) is 9.34. The normalized spacial score (nSPS) is 21.3. The van der Waals surface area contributed by atoms with Crippen molar-refractivity contribution in [1.82, 2.24) is 4.90 Å². The summed E-state index contributed by atoms with van der Waals surface area (Å²) in [5.74, 6) is 0.866. The third-order valence-electron chi connectivity index (χ3n) is 2.96. The van der Waals surface area contributed by atoms with Gasteiger partial charge in [-0.15, -0.1) is 0 Å². The van der Waals surface area contributed by atoms with E-state index in [1.165, 1.54) is 38.5 Å². The van der Waals surface area contributed by atoms with Crippen LogP contribution in [-0.4, -0.2) is 19.0 Å². The van der Waals surface area contributed by atoms with Crippen molar-refractivity contribution in [3.63, 3.8) is 0 Å². The molecule has 0 heterocycles. The van der Waals surface area contributed by atoms with Crippen LogP contribution in [-0.2, 0) is 0 Å². The second-order valence-corrected chi connectivity index (χ2v) is 4.53. The van der Waals surface area contributed by atoms with Gasteiger partial charge in [0, 0.05) is 14.1 Å². The lowest BCUT2D eigenvalue weighted by Gasteiger charge is -2.17. The van der Waals surface area contributed by atoms with Crippen molar-refractivity contribution in [2.45, 2.75) is 45.4 Å². The molecule has 1 fully saturated rings. The molecule has 1 saturated carbocycles. The van der Waals surface area contributed by atoms with Gasteiger partial charge in [-0.2, -0.15) is 0 Å². The van der Waals surface area contributed by atoms with Crippen LogP contribution in [0.1, 0.15) is 45.4 Å². The molecular formula is C12H23N. The molecule has 0 aromatic carbocycles. The molecular weight excluding hydrogens is 158 g/mol. The molecule has 13 heavy (non-hydrogen) atoms. The Labute approximate surface area is 82.8 Å². The van der Waals surface area contributed by atoms with Gasteiger partial charge in [0.15, 0.2) is 0 Å². The minimum absolute atomic E-state index is 0.866. The van der Waals surface area contributed by atoms with Gasteiger partial charge in [0.05, 0.1) is 0 Å². The van der Waals surface area contributed by atoms with Crippen molar-refractivity contribution in [1.29, 1.82) is 0 Å². The molecule has 1 heteroatoms. The molecule has 1 aliphatic rings. The fraction of sp³-hybridized carbons (Fsp3) is 0.833. The summed E-state index contributed by atoms with van der Waals surface area (Å²) in [5.41, 5.74) is 1.58. The van der Waals surface area contributed by atoms with E-state index >= 15 is 0 Å². The molecule has 0 unspecified atom stereocenters. The summed E-state index contributed by atoms with van der Waals surface area (Å²) in [6, 6.07) is 0. The maximum absolute atomic E-state index is 2.29. The van der Waals surface area contributed by atoms with Crippen LogP contribution in [0, 0.1) is 5.92 Å². The van der Waals surface area contributed by atoms with Gasteiger partial charge < -0.3 is 4.90 Å². The molecule has 1 aliphatic carbocycles. The average Bonchev–Trinajstić information content (AvgIpc) is 2.29. The largest absolute Gasteiger partial charge is 0.384 e. The van der Waals surface area contributed by atoms with Crippen LogP contribution in [0.3, 0.4) is 0 Å². The molecule has 0 N–H and O–H groups in total. The molecule has 1 nitrogen and oxygen atoms in total. The predicted octanol–water partition coefficient (Wildman–Crippen LogP) is 3.42. The van der Waals surface area contributed by atoms with Gasteiger partial charge in [0.25, 0.3) is 0 Å². The summed E-state index contributed by atoms with van der Waals surface area (Å²) < 4.78 is 0. The number of hydrogen-bond donors (Lipinski definition) is 0. The third kappa shape index (κ3) is 3.84. The van der Waals surface area contributed by atoms with Crippen molar-refractivity contribution < 1.29 is 0 Å². The highest BCUT2D eigenvalue weighted by atomic mass is 15.0. The van der Waals surface area contributed by atoms with Crippen LogP contribution in [0.4, 0.5) is 0 Å². The molecule has 76 valence electrons. The Morgan fingerprint density at radius 3 is 2.08 bits per heavy atom.